The fourth-order valence-corrected chi connectivity index (χ4v) is 3.66. The second-order valence-corrected chi connectivity index (χ2v) is 8.15. The summed E-state index contributed by atoms with van der Waals surface area (Å²) < 4.78 is 27.4. The van der Waals surface area contributed by atoms with Crippen LogP contribution in [0.25, 0.3) is 0 Å². The Balaban J connectivity index is 3.11. The molecule has 0 spiro atoms. The number of sulfonamides is 1. The molecule has 3 nitrogen and oxygen atoms in total. The van der Waals surface area contributed by atoms with Gasteiger partial charge in [-0.2, -0.15) is 4.31 Å². The maximum atomic E-state index is 13.0. The van der Waals surface area contributed by atoms with E-state index in [2.05, 4.69) is 26.3 Å². The summed E-state index contributed by atoms with van der Waals surface area (Å²) in [4.78, 5) is 0.301. The Morgan fingerprint density at radius 2 is 1.92 bits per heavy atom. The molecule has 0 saturated heterocycles. The number of nitrogens with zero attached hydrogens (tertiary/aromatic N) is 1. The van der Waals surface area contributed by atoms with Gasteiger partial charge in [-0.15, -0.1) is 18.9 Å². The van der Waals surface area contributed by atoms with Crippen molar-refractivity contribution in [3.05, 3.63) is 54.6 Å². The number of terminal acetylenes is 1. The zero-order chi connectivity index (χ0) is 18.2. The summed E-state index contributed by atoms with van der Waals surface area (Å²) in [5, 5.41) is 0. The number of allylic oxidation sites excluding steroid dienone is 1. The topological polar surface area (TPSA) is 37.4 Å². The highest BCUT2D eigenvalue weighted by molar-refractivity contribution is 7.89. The summed E-state index contributed by atoms with van der Waals surface area (Å²) in [7, 11) is -3.57. The molecule has 0 aromatic heterocycles. The quantitative estimate of drug-likeness (QED) is 0.501. The molecule has 0 fully saturated rings. The molecule has 0 bridgehead atoms. The first-order chi connectivity index (χ1) is 11.3. The lowest BCUT2D eigenvalue weighted by atomic mass is 10.1. The van der Waals surface area contributed by atoms with E-state index in [4.69, 9.17) is 6.42 Å². The van der Waals surface area contributed by atoms with E-state index in [1.807, 2.05) is 19.1 Å². The van der Waals surface area contributed by atoms with Gasteiger partial charge in [0.05, 0.1) is 4.90 Å². The van der Waals surface area contributed by atoms with Gasteiger partial charge >= 0.3 is 0 Å². The van der Waals surface area contributed by atoms with Crippen molar-refractivity contribution >= 4 is 10.0 Å². The van der Waals surface area contributed by atoms with E-state index < -0.39 is 10.0 Å². The molecule has 4 heteroatoms. The van der Waals surface area contributed by atoms with E-state index in [9.17, 15) is 8.42 Å². The highest BCUT2D eigenvalue weighted by Gasteiger charge is 2.25. The Kier molecular flexibility index (Phi) is 7.97. The number of benzene rings is 1. The van der Waals surface area contributed by atoms with Crippen molar-refractivity contribution in [1.82, 2.24) is 4.31 Å². The van der Waals surface area contributed by atoms with E-state index in [0.29, 0.717) is 30.3 Å². The van der Waals surface area contributed by atoms with Crippen molar-refractivity contribution in [2.24, 2.45) is 11.8 Å². The van der Waals surface area contributed by atoms with Gasteiger partial charge in [0.2, 0.25) is 10.0 Å². The molecule has 0 N–H and O–H groups in total. The van der Waals surface area contributed by atoms with Crippen LogP contribution in [0.1, 0.15) is 25.8 Å². The van der Waals surface area contributed by atoms with Gasteiger partial charge in [-0.1, -0.05) is 49.8 Å². The van der Waals surface area contributed by atoms with Crippen molar-refractivity contribution < 1.29 is 8.42 Å². The first-order valence-electron chi connectivity index (χ1n) is 8.10. The third-order valence-electron chi connectivity index (χ3n) is 3.64. The van der Waals surface area contributed by atoms with Crippen LogP contribution in [0.5, 0.6) is 0 Å². The molecule has 0 saturated carbocycles. The minimum atomic E-state index is -3.57. The van der Waals surface area contributed by atoms with Crippen molar-refractivity contribution in [2.45, 2.75) is 32.1 Å². The number of aryl methyl sites for hydroxylation is 1. The molecule has 0 radical (unpaired) electrons. The fraction of sp³-hybridized carbons (Fsp3) is 0.400. The van der Waals surface area contributed by atoms with Crippen molar-refractivity contribution in [2.75, 3.05) is 13.1 Å². The highest BCUT2D eigenvalue weighted by Crippen LogP contribution is 2.19. The first-order valence-corrected chi connectivity index (χ1v) is 9.54. The first kappa shape index (κ1) is 20.2. The van der Waals surface area contributed by atoms with Gasteiger partial charge in [0.15, 0.2) is 0 Å². The molecule has 0 heterocycles. The van der Waals surface area contributed by atoms with E-state index in [1.54, 1.807) is 30.3 Å². The minimum Gasteiger partial charge on any atom is -0.207 e. The molecular formula is C20H27NO2S. The third kappa shape index (κ3) is 5.99. The Morgan fingerprint density at radius 1 is 1.29 bits per heavy atom. The van der Waals surface area contributed by atoms with Gasteiger partial charge in [0.1, 0.15) is 0 Å². The zero-order valence-corrected chi connectivity index (χ0v) is 15.6. The Bertz CT molecular complexity index is 694. The van der Waals surface area contributed by atoms with Crippen molar-refractivity contribution in [3.8, 4) is 12.3 Å². The normalized spacial score (nSPS) is 13.3. The molecule has 0 aliphatic heterocycles. The molecule has 1 unspecified atom stereocenters. The fourth-order valence-electron chi connectivity index (χ4n) is 2.22. The largest absolute Gasteiger partial charge is 0.243 e. The highest BCUT2D eigenvalue weighted by atomic mass is 32.2. The van der Waals surface area contributed by atoms with Crippen LogP contribution in [0, 0.1) is 31.1 Å². The lowest BCUT2D eigenvalue weighted by Crippen LogP contribution is -2.35. The molecule has 130 valence electrons. The van der Waals surface area contributed by atoms with Crippen molar-refractivity contribution in [1.29, 1.82) is 0 Å². The summed E-state index contributed by atoms with van der Waals surface area (Å²) in [6.07, 6.45) is 11.5. The number of rotatable bonds is 9. The van der Waals surface area contributed by atoms with E-state index >= 15 is 0 Å². The standard InChI is InChI=1S/C20H27NO2S/c1-6-9-19(7-2)16-21(15-8-10-17(3)4)24(22,23)20-13-11-18(5)12-14-20/h1,7-8,10-14,17,19H,2,9,15-16H2,3-5H3/b10-8+. The van der Waals surface area contributed by atoms with E-state index in [0.717, 1.165) is 5.56 Å². The van der Waals surface area contributed by atoms with Gasteiger partial charge in [0.25, 0.3) is 0 Å². The van der Waals surface area contributed by atoms with Crippen LogP contribution in [-0.2, 0) is 10.0 Å². The van der Waals surface area contributed by atoms with E-state index in [1.165, 1.54) is 4.31 Å². The summed E-state index contributed by atoms with van der Waals surface area (Å²) in [6.45, 7) is 10.5. The Morgan fingerprint density at radius 3 is 2.42 bits per heavy atom. The summed E-state index contributed by atoms with van der Waals surface area (Å²) >= 11 is 0. The lowest BCUT2D eigenvalue weighted by molar-refractivity contribution is 0.400. The molecule has 1 aromatic carbocycles. The van der Waals surface area contributed by atoms with Gasteiger partial charge in [-0.3, -0.25) is 0 Å². The molecule has 0 amide bonds. The summed E-state index contributed by atoms with van der Waals surface area (Å²) in [6, 6.07) is 6.91. The summed E-state index contributed by atoms with van der Waals surface area (Å²) in [5.74, 6) is 2.89. The van der Waals surface area contributed by atoms with Crippen molar-refractivity contribution in [3.63, 3.8) is 0 Å². The second kappa shape index (κ2) is 9.46. The van der Waals surface area contributed by atoms with Gasteiger partial charge in [-0.25, -0.2) is 8.42 Å². The monoisotopic (exact) mass is 345 g/mol. The lowest BCUT2D eigenvalue weighted by Gasteiger charge is -2.24. The molecule has 1 atom stereocenters. The van der Waals surface area contributed by atoms with Crippen LogP contribution in [-0.4, -0.2) is 25.8 Å². The SMILES string of the molecule is C#CCC(C=C)CN(C/C=C/C(C)C)S(=O)(=O)c1ccc(C)cc1. The van der Waals surface area contributed by atoms with Crippen LogP contribution in [0.4, 0.5) is 0 Å². The summed E-state index contributed by atoms with van der Waals surface area (Å²) in [5.41, 5.74) is 1.02. The average Bonchev–Trinajstić information content (AvgIpc) is 2.53. The van der Waals surface area contributed by atoms with Crippen LogP contribution in [0.3, 0.4) is 0 Å². The minimum absolute atomic E-state index is 0.0670. The molecule has 1 rings (SSSR count). The molecular weight excluding hydrogens is 318 g/mol. The van der Waals surface area contributed by atoms with Crippen LogP contribution in [0.2, 0.25) is 0 Å². The third-order valence-corrected chi connectivity index (χ3v) is 5.49. The van der Waals surface area contributed by atoms with Crippen LogP contribution >= 0.6 is 0 Å². The van der Waals surface area contributed by atoms with Crippen LogP contribution in [0.15, 0.2) is 54.0 Å². The smallest absolute Gasteiger partial charge is 0.207 e. The van der Waals surface area contributed by atoms with Crippen LogP contribution < -0.4 is 0 Å². The molecule has 0 aliphatic carbocycles. The van der Waals surface area contributed by atoms with E-state index in [-0.39, 0.29) is 5.92 Å². The predicted molar refractivity (Wildman–Crippen MR) is 101 cm³/mol. The Labute approximate surface area is 147 Å². The predicted octanol–water partition coefficient (Wildman–Crippen LogP) is 4.02. The van der Waals surface area contributed by atoms with Gasteiger partial charge in [-0.05, 0) is 25.0 Å². The Hall–Kier alpha value is -1.83. The zero-order valence-electron chi connectivity index (χ0n) is 14.8. The molecule has 0 aliphatic rings. The number of hydrogen-bond donors (Lipinski definition) is 0. The average molecular weight is 346 g/mol. The van der Waals surface area contributed by atoms with Gasteiger partial charge in [0, 0.05) is 25.4 Å². The maximum Gasteiger partial charge on any atom is 0.243 e. The second-order valence-electron chi connectivity index (χ2n) is 6.21. The van der Waals surface area contributed by atoms with Gasteiger partial charge < -0.3 is 0 Å². The molecule has 1 aromatic rings. The number of hydrogen-bond acceptors (Lipinski definition) is 2. The molecule has 24 heavy (non-hydrogen) atoms. The maximum absolute atomic E-state index is 13.0.